The first-order valence-corrected chi connectivity index (χ1v) is 15.5. The highest BCUT2D eigenvalue weighted by Gasteiger charge is 2.48. The molecule has 4 N–H and O–H groups in total. The van der Waals surface area contributed by atoms with Crippen LogP contribution in [-0.2, 0) is 5.44 Å². The second-order valence-corrected chi connectivity index (χ2v) is 13.6. The number of aromatic nitrogens is 2. The summed E-state index contributed by atoms with van der Waals surface area (Å²) < 4.78 is 13.9. The number of hydrogen-bond acceptors (Lipinski definition) is 8. The highest BCUT2D eigenvalue weighted by molar-refractivity contribution is 6.36. The Morgan fingerprint density at radius 2 is 1.83 bits per heavy atom. The van der Waals surface area contributed by atoms with Gasteiger partial charge in [-0.15, -0.1) is 5.53 Å². The second kappa shape index (κ2) is 9.75. The fourth-order valence-corrected chi connectivity index (χ4v) is 8.55. The lowest BCUT2D eigenvalue weighted by Crippen LogP contribution is -2.51. The minimum absolute atomic E-state index is 0.355. The van der Waals surface area contributed by atoms with E-state index < -0.39 is 11.4 Å². The van der Waals surface area contributed by atoms with Crippen molar-refractivity contribution >= 4 is 41.7 Å². The average Bonchev–Trinajstić information content (AvgIpc) is 3.70. The Hall–Kier alpha value is -3.55. The summed E-state index contributed by atoms with van der Waals surface area (Å²) in [7, 11) is 2.04. The molecule has 0 spiro atoms. The van der Waals surface area contributed by atoms with Crippen molar-refractivity contribution in [2.24, 2.45) is 23.7 Å². The molecule has 8 nitrogen and oxygen atoms in total. The lowest BCUT2D eigenvalue weighted by Gasteiger charge is -2.54. The van der Waals surface area contributed by atoms with Crippen molar-refractivity contribution in [1.29, 1.82) is 5.26 Å². The van der Waals surface area contributed by atoms with Crippen molar-refractivity contribution in [1.82, 2.24) is 25.9 Å². The number of nitriles is 1. The summed E-state index contributed by atoms with van der Waals surface area (Å²) in [6.45, 7) is 0. The normalized spacial score (nSPS) is 29.1. The van der Waals surface area contributed by atoms with Crippen molar-refractivity contribution in [2.75, 3.05) is 10.6 Å². The second-order valence-electron chi connectivity index (χ2n) is 13.2. The maximum Gasteiger partial charge on any atom is 0.212 e. The fourth-order valence-electron chi connectivity index (χ4n) is 8.29. The zero-order valence-corrected chi connectivity index (χ0v) is 24.3. The van der Waals surface area contributed by atoms with Gasteiger partial charge in [-0.05, 0) is 92.4 Å². The van der Waals surface area contributed by atoms with Gasteiger partial charge in [-0.25, -0.2) is 4.98 Å². The smallest absolute Gasteiger partial charge is 0.212 e. The third kappa shape index (κ3) is 4.37. The van der Waals surface area contributed by atoms with Crippen LogP contribution in [0.25, 0.3) is 10.9 Å². The molecular weight excluding hydrogens is 550 g/mol. The van der Waals surface area contributed by atoms with Crippen LogP contribution in [0.1, 0.15) is 56.1 Å². The zero-order valence-electron chi connectivity index (χ0n) is 23.5. The summed E-state index contributed by atoms with van der Waals surface area (Å²) in [5.74, 6) is 2.48. The van der Waals surface area contributed by atoms with E-state index in [0.717, 1.165) is 52.7 Å². The number of anilines is 2. The number of fused-ring (bicyclic) bond motifs is 1. The number of hydrazine groups is 2. The molecule has 5 saturated carbocycles. The molecule has 11 heteroatoms. The van der Waals surface area contributed by atoms with Crippen LogP contribution in [-0.4, -0.2) is 34.9 Å². The Bertz CT molecular complexity index is 1610. The standard InChI is InChI=1S/C31H33BClFN8/c32-31(21-1-4-27(34)36-14-21,26-15-42(41-40-26)23-2-3-23)39-22-10-24-29(20(12-35)13-37-30(24)25(33)11-22)38-28-18-6-16-5-17(8-18)9-19(28)7-16/h1,4,10-11,13-19,23,28,39-41H,2-3,5-9,32H2,(H,37,38). The van der Waals surface area contributed by atoms with Gasteiger partial charge >= 0.3 is 0 Å². The van der Waals surface area contributed by atoms with Crippen molar-refractivity contribution in [3.63, 3.8) is 0 Å². The zero-order chi connectivity index (χ0) is 28.6. The largest absolute Gasteiger partial charge is 0.380 e. The molecule has 5 aliphatic carbocycles. The molecule has 4 bridgehead atoms. The van der Waals surface area contributed by atoms with Gasteiger partial charge in [0.15, 0.2) is 0 Å². The number of nitrogens with zero attached hydrogens (tertiary/aromatic N) is 4. The molecule has 1 aromatic carbocycles. The molecule has 3 aromatic rings. The number of benzene rings is 1. The van der Waals surface area contributed by atoms with Crippen LogP contribution in [0.5, 0.6) is 0 Å². The molecule has 3 heterocycles. The number of pyridine rings is 2. The lowest BCUT2D eigenvalue weighted by atomic mass is 9.54. The van der Waals surface area contributed by atoms with Crippen LogP contribution in [0.15, 0.2) is 48.6 Å². The van der Waals surface area contributed by atoms with E-state index in [1.807, 2.05) is 20.0 Å². The van der Waals surface area contributed by atoms with Gasteiger partial charge in [0.1, 0.15) is 13.9 Å². The van der Waals surface area contributed by atoms with Crippen LogP contribution >= 0.6 is 11.6 Å². The molecule has 0 saturated heterocycles. The summed E-state index contributed by atoms with van der Waals surface area (Å²) in [6.07, 6.45) is 14.0. The van der Waals surface area contributed by atoms with Crippen molar-refractivity contribution in [2.45, 2.75) is 62.5 Å². The predicted octanol–water partition coefficient (Wildman–Crippen LogP) is 4.76. The van der Waals surface area contributed by atoms with E-state index in [4.69, 9.17) is 11.6 Å². The van der Waals surface area contributed by atoms with Gasteiger partial charge in [0, 0.05) is 41.8 Å². The predicted molar refractivity (Wildman–Crippen MR) is 163 cm³/mol. The molecule has 9 rings (SSSR count). The average molecular weight is 583 g/mol. The Kier molecular flexibility index (Phi) is 6.06. The molecule has 1 unspecified atom stereocenters. The molecule has 6 aliphatic rings. The summed E-state index contributed by atoms with van der Waals surface area (Å²) in [5.41, 5.74) is 10.2. The highest BCUT2D eigenvalue weighted by Crippen LogP contribution is 2.54. The first-order valence-electron chi connectivity index (χ1n) is 15.1. The van der Waals surface area contributed by atoms with E-state index in [1.54, 1.807) is 18.5 Å². The molecule has 1 aliphatic heterocycles. The maximum atomic E-state index is 13.9. The summed E-state index contributed by atoms with van der Waals surface area (Å²) >= 11 is 6.90. The molecular formula is C31H33BClFN8. The Morgan fingerprint density at radius 3 is 2.50 bits per heavy atom. The number of nitrogens with one attached hydrogen (secondary N) is 4. The lowest BCUT2D eigenvalue weighted by molar-refractivity contribution is 0.00757. The summed E-state index contributed by atoms with van der Waals surface area (Å²) in [4.78, 5) is 8.55. The van der Waals surface area contributed by atoms with Gasteiger partial charge in [-0.1, -0.05) is 17.7 Å². The van der Waals surface area contributed by atoms with Gasteiger partial charge in [0.25, 0.3) is 0 Å². The number of hydrogen-bond donors (Lipinski definition) is 4. The van der Waals surface area contributed by atoms with E-state index in [-0.39, 0.29) is 0 Å². The van der Waals surface area contributed by atoms with Crippen LogP contribution in [0, 0.1) is 41.0 Å². The first kappa shape index (κ1) is 26.1. The monoisotopic (exact) mass is 582 g/mol. The summed E-state index contributed by atoms with van der Waals surface area (Å²) in [6, 6.07) is 10.2. The van der Waals surface area contributed by atoms with Crippen LogP contribution in [0.3, 0.4) is 0 Å². The molecule has 0 radical (unpaired) electrons. The maximum absolute atomic E-state index is 13.9. The van der Waals surface area contributed by atoms with Crippen molar-refractivity contribution < 1.29 is 4.39 Å². The molecule has 5 fully saturated rings. The van der Waals surface area contributed by atoms with Gasteiger partial charge in [0.2, 0.25) is 5.95 Å². The first-order chi connectivity index (χ1) is 20.4. The van der Waals surface area contributed by atoms with E-state index in [1.165, 1.54) is 38.2 Å². The third-order valence-corrected chi connectivity index (χ3v) is 10.6. The van der Waals surface area contributed by atoms with E-state index >= 15 is 0 Å². The molecule has 214 valence electrons. The minimum Gasteiger partial charge on any atom is -0.380 e. The summed E-state index contributed by atoms with van der Waals surface area (Å²) in [5, 5.41) is 21.1. The van der Waals surface area contributed by atoms with Crippen LogP contribution in [0.4, 0.5) is 15.8 Å². The SMILES string of the molecule is BC(Nc1cc(Cl)c2ncc(C#N)c(NC3C4CC5CC(C4)CC3C5)c2c1)(C1=CN(C2CC2)NN1)c1ccc(F)nc1. The quantitative estimate of drug-likeness (QED) is 0.234. The number of halogens is 2. The fraction of sp³-hybridized carbons (Fsp3) is 0.452. The van der Waals surface area contributed by atoms with Gasteiger partial charge in [-0.2, -0.15) is 9.65 Å². The van der Waals surface area contributed by atoms with Crippen molar-refractivity contribution in [3.8, 4) is 6.07 Å². The van der Waals surface area contributed by atoms with E-state index in [0.29, 0.717) is 40.0 Å². The van der Waals surface area contributed by atoms with E-state index in [9.17, 15) is 9.65 Å². The third-order valence-electron chi connectivity index (χ3n) is 10.3. The van der Waals surface area contributed by atoms with Crippen LogP contribution in [0.2, 0.25) is 5.02 Å². The van der Waals surface area contributed by atoms with Gasteiger partial charge in [0.05, 0.1) is 32.9 Å². The Labute approximate surface area is 250 Å². The van der Waals surface area contributed by atoms with Gasteiger partial charge in [-0.3, -0.25) is 9.99 Å². The van der Waals surface area contributed by atoms with Gasteiger partial charge < -0.3 is 16.1 Å². The number of rotatable bonds is 7. The molecule has 2 aromatic heterocycles. The van der Waals surface area contributed by atoms with Crippen molar-refractivity contribution in [3.05, 3.63) is 70.7 Å². The highest BCUT2D eigenvalue weighted by atomic mass is 35.5. The Balaban J connectivity index is 1.19. The topological polar surface area (TPSA) is 101 Å². The van der Waals surface area contributed by atoms with Crippen LogP contribution < -0.4 is 21.6 Å². The van der Waals surface area contributed by atoms with E-state index in [2.05, 4.69) is 48.8 Å². The molecule has 42 heavy (non-hydrogen) atoms. The molecule has 1 atom stereocenters. The molecule has 0 amide bonds. The Morgan fingerprint density at radius 1 is 1.07 bits per heavy atom. The minimum atomic E-state index is -0.802.